The highest BCUT2D eigenvalue weighted by Gasteiger charge is 2.38. The summed E-state index contributed by atoms with van der Waals surface area (Å²) >= 11 is 0. The number of hydrogen-bond donors (Lipinski definition) is 4. The van der Waals surface area contributed by atoms with E-state index in [2.05, 4.69) is 45.2 Å². The zero-order valence-electron chi connectivity index (χ0n) is 18.3. The van der Waals surface area contributed by atoms with Crippen LogP contribution in [-0.4, -0.2) is 42.7 Å². The first kappa shape index (κ1) is 26.5. The Kier molecular flexibility index (Phi) is 8.54. The second kappa shape index (κ2) is 10.9. The summed E-state index contributed by atoms with van der Waals surface area (Å²) in [5.74, 6) is -1.57. The summed E-state index contributed by atoms with van der Waals surface area (Å²) in [6, 6.07) is 14.4. The molecule has 2 aromatic carbocycles. The van der Waals surface area contributed by atoms with Crippen LogP contribution in [0.4, 0.5) is 36.2 Å². The Bertz CT molecular complexity index is 1270. The number of carboxylic acid groups (broad SMARTS) is 1. The summed E-state index contributed by atoms with van der Waals surface area (Å²) in [6.45, 7) is 4.12. The topological polar surface area (TPSA) is 133 Å². The maximum absolute atomic E-state index is 11.9. The van der Waals surface area contributed by atoms with Gasteiger partial charge >= 0.3 is 12.1 Å². The molecule has 13 heteroatoms. The number of benzene rings is 2. The van der Waals surface area contributed by atoms with Crippen molar-refractivity contribution in [2.45, 2.75) is 24.9 Å². The maximum atomic E-state index is 11.9. The van der Waals surface area contributed by atoms with Gasteiger partial charge in [-0.15, -0.1) is 0 Å². The molecule has 0 saturated carbocycles. The van der Waals surface area contributed by atoms with Crippen LogP contribution in [0.25, 0.3) is 0 Å². The number of aliphatic carboxylic acids is 1. The van der Waals surface area contributed by atoms with E-state index in [0.717, 1.165) is 5.69 Å². The first-order valence-corrected chi connectivity index (χ1v) is 11.1. The monoisotopic (exact) mass is 497 g/mol. The van der Waals surface area contributed by atoms with Crippen molar-refractivity contribution in [1.29, 1.82) is 0 Å². The predicted molar refractivity (Wildman–Crippen MR) is 121 cm³/mol. The molecule has 0 atom stereocenters. The lowest BCUT2D eigenvalue weighted by Gasteiger charge is -2.11. The normalized spacial score (nSPS) is 11.2. The van der Waals surface area contributed by atoms with Crippen LogP contribution in [0.5, 0.6) is 0 Å². The minimum atomic E-state index is -5.08. The molecule has 0 aliphatic rings. The van der Waals surface area contributed by atoms with Gasteiger partial charge in [0.2, 0.25) is 10.0 Å². The average molecular weight is 497 g/mol. The van der Waals surface area contributed by atoms with Gasteiger partial charge < -0.3 is 15.7 Å². The van der Waals surface area contributed by atoms with Crippen LogP contribution in [0, 0.1) is 13.8 Å². The van der Waals surface area contributed by atoms with Gasteiger partial charge in [0, 0.05) is 17.4 Å². The van der Waals surface area contributed by atoms with Crippen molar-refractivity contribution < 1.29 is 31.5 Å². The predicted octanol–water partition coefficient (Wildman–Crippen LogP) is 4.12. The fourth-order valence-electron chi connectivity index (χ4n) is 2.47. The number of nitrogens with one attached hydrogen (secondary N) is 3. The van der Waals surface area contributed by atoms with Gasteiger partial charge in [0.1, 0.15) is 18.0 Å². The van der Waals surface area contributed by atoms with Crippen LogP contribution < -0.4 is 15.4 Å². The first-order chi connectivity index (χ1) is 15.8. The number of aromatic nitrogens is 2. The molecule has 0 bridgehead atoms. The molecule has 1 aromatic heterocycles. The van der Waals surface area contributed by atoms with Gasteiger partial charge in [-0.05, 0) is 62.4 Å². The molecule has 0 aliphatic heterocycles. The minimum Gasteiger partial charge on any atom is -0.475 e. The molecule has 0 aliphatic carbocycles. The fraction of sp³-hybridized carbons (Fsp3) is 0.190. The third kappa shape index (κ3) is 7.71. The van der Waals surface area contributed by atoms with Crippen molar-refractivity contribution >= 4 is 39.0 Å². The molecule has 182 valence electrons. The minimum absolute atomic E-state index is 0.178. The van der Waals surface area contributed by atoms with E-state index in [0.29, 0.717) is 17.3 Å². The summed E-state index contributed by atoms with van der Waals surface area (Å²) in [7, 11) is -2.13. The summed E-state index contributed by atoms with van der Waals surface area (Å²) in [6.07, 6.45) is -3.64. The molecular formula is C21H22F3N5O4S. The molecule has 0 amide bonds. The third-order valence-electron chi connectivity index (χ3n) is 4.37. The van der Waals surface area contributed by atoms with E-state index in [1.165, 1.54) is 30.6 Å². The van der Waals surface area contributed by atoms with Crippen molar-refractivity contribution in [3.05, 3.63) is 66.0 Å². The van der Waals surface area contributed by atoms with E-state index in [-0.39, 0.29) is 4.90 Å². The lowest BCUT2D eigenvalue weighted by atomic mass is 10.1. The molecule has 0 saturated heterocycles. The maximum Gasteiger partial charge on any atom is 0.490 e. The number of hydrogen-bond acceptors (Lipinski definition) is 7. The number of sulfonamides is 1. The van der Waals surface area contributed by atoms with Gasteiger partial charge in [-0.1, -0.05) is 12.1 Å². The van der Waals surface area contributed by atoms with E-state index >= 15 is 0 Å². The van der Waals surface area contributed by atoms with E-state index < -0.39 is 22.2 Å². The smallest absolute Gasteiger partial charge is 0.475 e. The largest absolute Gasteiger partial charge is 0.490 e. The summed E-state index contributed by atoms with van der Waals surface area (Å²) < 4.78 is 57.9. The summed E-state index contributed by atoms with van der Waals surface area (Å²) in [4.78, 5) is 17.5. The highest BCUT2D eigenvalue weighted by Crippen LogP contribution is 2.22. The van der Waals surface area contributed by atoms with E-state index in [9.17, 15) is 21.6 Å². The number of nitrogens with zero attached hydrogens (tertiary/aromatic N) is 2. The van der Waals surface area contributed by atoms with Crippen LogP contribution in [0.2, 0.25) is 0 Å². The van der Waals surface area contributed by atoms with Crippen molar-refractivity contribution in [2.75, 3.05) is 17.7 Å². The van der Waals surface area contributed by atoms with Crippen molar-refractivity contribution in [1.82, 2.24) is 14.7 Å². The number of rotatable bonds is 6. The Morgan fingerprint density at radius 1 is 0.912 bits per heavy atom. The lowest BCUT2D eigenvalue weighted by molar-refractivity contribution is -0.192. The molecule has 3 aromatic rings. The second-order valence-electron chi connectivity index (χ2n) is 6.88. The molecule has 34 heavy (non-hydrogen) atoms. The van der Waals surface area contributed by atoms with Gasteiger partial charge in [0.25, 0.3) is 0 Å². The number of carboxylic acids is 1. The molecule has 1 heterocycles. The van der Waals surface area contributed by atoms with Gasteiger partial charge in [0.05, 0.1) is 4.90 Å². The van der Waals surface area contributed by atoms with Crippen molar-refractivity contribution in [3.63, 3.8) is 0 Å². The Hall–Kier alpha value is -3.71. The van der Waals surface area contributed by atoms with Crippen LogP contribution >= 0.6 is 0 Å². The van der Waals surface area contributed by atoms with Crippen molar-refractivity contribution in [2.24, 2.45) is 0 Å². The quantitative estimate of drug-likeness (QED) is 0.400. The Balaban J connectivity index is 0.000000509. The van der Waals surface area contributed by atoms with Crippen molar-refractivity contribution in [3.8, 4) is 0 Å². The SMILES string of the molecule is CNS(=O)(=O)c1cccc(Nc2cc(Nc3ccc(C)c(C)c3)ncn2)c1.O=C(O)C(F)(F)F. The molecule has 4 N–H and O–H groups in total. The first-order valence-electron chi connectivity index (χ1n) is 9.59. The fourth-order valence-corrected chi connectivity index (χ4v) is 3.24. The number of anilines is 4. The van der Waals surface area contributed by atoms with Gasteiger partial charge in [-0.25, -0.2) is 27.9 Å². The second-order valence-corrected chi connectivity index (χ2v) is 8.76. The molecule has 0 spiro atoms. The standard InChI is InChI=1S/C19H21N5O2S.C2HF3O2/c1-13-7-8-16(9-14(13)2)24-19-11-18(21-12-22-19)23-15-5-4-6-17(10-15)27(25,26)20-3;3-2(4,5)1(6)7/h4-12,20H,1-3H3,(H2,21,22,23,24);(H,6,7). The lowest BCUT2D eigenvalue weighted by Crippen LogP contribution is -2.21. The zero-order valence-corrected chi connectivity index (χ0v) is 19.1. The van der Waals surface area contributed by atoms with Gasteiger partial charge in [0.15, 0.2) is 0 Å². The number of halogens is 3. The Morgan fingerprint density at radius 2 is 1.47 bits per heavy atom. The van der Waals surface area contributed by atoms with Crippen LogP contribution in [0.3, 0.4) is 0 Å². The Labute approximate surface area is 194 Å². The highest BCUT2D eigenvalue weighted by atomic mass is 32.2. The molecule has 9 nitrogen and oxygen atoms in total. The van der Waals surface area contributed by atoms with E-state index in [4.69, 9.17) is 9.90 Å². The van der Waals surface area contributed by atoms with E-state index in [1.807, 2.05) is 12.1 Å². The van der Waals surface area contributed by atoms with Crippen LogP contribution in [0.1, 0.15) is 11.1 Å². The van der Waals surface area contributed by atoms with Crippen LogP contribution in [-0.2, 0) is 14.8 Å². The highest BCUT2D eigenvalue weighted by molar-refractivity contribution is 7.89. The molecule has 0 radical (unpaired) electrons. The van der Waals surface area contributed by atoms with Crippen LogP contribution in [0.15, 0.2) is 59.8 Å². The molecule has 3 rings (SSSR count). The molecular weight excluding hydrogens is 475 g/mol. The average Bonchev–Trinajstić information content (AvgIpc) is 2.76. The third-order valence-corrected chi connectivity index (χ3v) is 5.79. The number of alkyl halides is 3. The zero-order chi connectivity index (χ0) is 25.5. The summed E-state index contributed by atoms with van der Waals surface area (Å²) in [5, 5.41) is 13.5. The summed E-state index contributed by atoms with van der Waals surface area (Å²) in [5.41, 5.74) is 3.96. The Morgan fingerprint density at radius 3 is 1.97 bits per heavy atom. The molecule has 0 fully saturated rings. The number of aryl methyl sites for hydroxylation is 2. The van der Waals surface area contributed by atoms with Gasteiger partial charge in [-0.3, -0.25) is 0 Å². The van der Waals surface area contributed by atoms with E-state index in [1.54, 1.807) is 24.3 Å². The number of carbonyl (C=O) groups is 1. The molecule has 0 unspecified atom stereocenters. The van der Waals surface area contributed by atoms with Gasteiger partial charge in [-0.2, -0.15) is 13.2 Å².